The first-order valence-electron chi connectivity index (χ1n) is 5.98. The molecular weight excluding hydrogens is 252 g/mol. The molecule has 0 aliphatic rings. The third-order valence-corrected chi connectivity index (χ3v) is 2.72. The minimum Gasteiger partial charge on any atom is -0.292 e. The Morgan fingerprint density at radius 2 is 2.16 bits per heavy atom. The van der Waals surface area contributed by atoms with Crippen LogP contribution in [0, 0.1) is 11.6 Å². The summed E-state index contributed by atoms with van der Waals surface area (Å²) in [5.74, 6) is -2.26. The summed E-state index contributed by atoms with van der Waals surface area (Å²) in [5, 5.41) is 7.45. The van der Waals surface area contributed by atoms with Gasteiger partial charge in [0.2, 0.25) is 0 Å². The molecule has 2 aromatic rings. The Labute approximate surface area is 109 Å². The Morgan fingerprint density at radius 3 is 2.89 bits per heavy atom. The third-order valence-electron chi connectivity index (χ3n) is 2.72. The fourth-order valence-electron chi connectivity index (χ4n) is 1.80. The fraction of sp³-hybridized carbons (Fsp3) is 0.308. The smallest absolute Gasteiger partial charge is 0.186 e. The lowest BCUT2D eigenvalue weighted by molar-refractivity contribution is 0.0981. The van der Waals surface area contributed by atoms with Gasteiger partial charge in [0.25, 0.3) is 0 Å². The quantitative estimate of drug-likeness (QED) is 0.780. The Hall–Kier alpha value is -2.11. The van der Waals surface area contributed by atoms with Crippen molar-refractivity contribution in [2.75, 3.05) is 0 Å². The van der Waals surface area contributed by atoms with Gasteiger partial charge in [-0.05, 0) is 18.1 Å². The van der Waals surface area contributed by atoms with Crippen molar-refractivity contribution in [1.29, 1.82) is 0 Å². The standard InChI is InChI=1S/C13H13F2N3O/c1-2-6-18-11(8-16-17-18)12(19)7-9-4-3-5-10(14)13(9)15/h3-5,8H,2,6-7H2,1H3. The van der Waals surface area contributed by atoms with Crippen LogP contribution in [0.1, 0.15) is 29.4 Å². The first kappa shape index (κ1) is 13.3. The Bertz CT molecular complexity index is 595. The number of hydrogen-bond donors (Lipinski definition) is 0. The number of aryl methyl sites for hydroxylation is 1. The zero-order chi connectivity index (χ0) is 13.8. The zero-order valence-corrected chi connectivity index (χ0v) is 10.4. The van der Waals surface area contributed by atoms with Gasteiger partial charge in [-0.3, -0.25) is 4.79 Å². The van der Waals surface area contributed by atoms with E-state index in [0.717, 1.165) is 12.5 Å². The number of aromatic nitrogens is 3. The molecule has 1 aromatic carbocycles. The van der Waals surface area contributed by atoms with E-state index >= 15 is 0 Å². The summed E-state index contributed by atoms with van der Waals surface area (Å²) in [5.41, 5.74) is 0.347. The van der Waals surface area contributed by atoms with Gasteiger partial charge in [-0.15, -0.1) is 5.10 Å². The molecule has 0 saturated carbocycles. The third kappa shape index (κ3) is 2.83. The molecule has 0 aliphatic heterocycles. The van der Waals surface area contributed by atoms with Crippen molar-refractivity contribution in [3.8, 4) is 0 Å². The summed E-state index contributed by atoms with van der Waals surface area (Å²) in [4.78, 5) is 12.0. The molecule has 4 nitrogen and oxygen atoms in total. The maximum absolute atomic E-state index is 13.5. The molecule has 0 amide bonds. The molecule has 0 spiro atoms. The molecule has 1 heterocycles. The highest BCUT2D eigenvalue weighted by molar-refractivity contribution is 5.95. The number of nitrogens with zero attached hydrogens (tertiary/aromatic N) is 3. The van der Waals surface area contributed by atoms with Crippen LogP contribution in [-0.4, -0.2) is 20.8 Å². The first-order valence-corrected chi connectivity index (χ1v) is 5.98. The van der Waals surface area contributed by atoms with E-state index in [4.69, 9.17) is 0 Å². The van der Waals surface area contributed by atoms with E-state index in [1.54, 1.807) is 0 Å². The van der Waals surface area contributed by atoms with Crippen molar-refractivity contribution in [3.05, 3.63) is 47.3 Å². The molecule has 0 fully saturated rings. The van der Waals surface area contributed by atoms with Gasteiger partial charge in [0, 0.05) is 13.0 Å². The van der Waals surface area contributed by atoms with Gasteiger partial charge in [0.15, 0.2) is 17.4 Å². The molecule has 100 valence electrons. The van der Waals surface area contributed by atoms with Crippen molar-refractivity contribution in [2.24, 2.45) is 0 Å². The summed E-state index contributed by atoms with van der Waals surface area (Å²) in [6, 6.07) is 3.79. The van der Waals surface area contributed by atoms with Gasteiger partial charge >= 0.3 is 0 Å². The summed E-state index contributed by atoms with van der Waals surface area (Å²) in [6.07, 6.45) is 1.94. The number of hydrogen-bond acceptors (Lipinski definition) is 3. The van der Waals surface area contributed by atoms with Gasteiger partial charge in [0.1, 0.15) is 5.69 Å². The van der Waals surface area contributed by atoms with E-state index in [2.05, 4.69) is 10.3 Å². The molecule has 1 aromatic heterocycles. The molecule has 0 atom stereocenters. The van der Waals surface area contributed by atoms with Gasteiger partial charge < -0.3 is 0 Å². The molecule has 0 N–H and O–H groups in total. The number of ketones is 1. The molecule has 0 aliphatic carbocycles. The number of carbonyl (C=O) groups excluding carboxylic acids is 1. The minimum absolute atomic E-state index is 0.0363. The summed E-state index contributed by atoms with van der Waals surface area (Å²) < 4.78 is 28.0. The van der Waals surface area contributed by atoms with Crippen LogP contribution in [0.15, 0.2) is 24.4 Å². The van der Waals surface area contributed by atoms with Crippen LogP contribution in [0.5, 0.6) is 0 Å². The lowest BCUT2D eigenvalue weighted by atomic mass is 10.1. The van der Waals surface area contributed by atoms with Crippen LogP contribution in [0.4, 0.5) is 8.78 Å². The average Bonchev–Trinajstić information content (AvgIpc) is 2.84. The first-order chi connectivity index (χ1) is 9.13. The van der Waals surface area contributed by atoms with E-state index in [1.165, 1.54) is 23.0 Å². The largest absolute Gasteiger partial charge is 0.292 e. The SMILES string of the molecule is CCCn1nncc1C(=O)Cc1cccc(F)c1F. The number of benzene rings is 1. The van der Waals surface area contributed by atoms with Crippen LogP contribution < -0.4 is 0 Å². The highest BCUT2D eigenvalue weighted by Crippen LogP contribution is 2.14. The van der Waals surface area contributed by atoms with Crippen molar-refractivity contribution < 1.29 is 13.6 Å². The molecular formula is C13H13F2N3O. The molecule has 6 heteroatoms. The monoisotopic (exact) mass is 265 g/mol. The molecule has 0 bridgehead atoms. The van der Waals surface area contributed by atoms with Gasteiger partial charge in [-0.25, -0.2) is 13.5 Å². The molecule has 2 rings (SSSR count). The van der Waals surface area contributed by atoms with Crippen molar-refractivity contribution in [3.63, 3.8) is 0 Å². The predicted molar refractivity (Wildman–Crippen MR) is 64.7 cm³/mol. The van der Waals surface area contributed by atoms with Crippen LogP contribution in [0.2, 0.25) is 0 Å². The number of carbonyl (C=O) groups is 1. The van der Waals surface area contributed by atoms with Crippen LogP contribution in [0.25, 0.3) is 0 Å². The second-order valence-corrected chi connectivity index (χ2v) is 4.16. The summed E-state index contributed by atoms with van der Waals surface area (Å²) in [7, 11) is 0. The van der Waals surface area contributed by atoms with Gasteiger partial charge in [0.05, 0.1) is 6.20 Å². The molecule has 0 saturated heterocycles. The fourth-order valence-corrected chi connectivity index (χ4v) is 1.80. The Kier molecular flexibility index (Phi) is 3.99. The van der Waals surface area contributed by atoms with E-state index in [9.17, 15) is 13.6 Å². The lowest BCUT2D eigenvalue weighted by Crippen LogP contribution is -2.13. The van der Waals surface area contributed by atoms with Crippen molar-refractivity contribution in [2.45, 2.75) is 26.3 Å². The molecule has 0 unspecified atom stereocenters. The van der Waals surface area contributed by atoms with Gasteiger partial charge in [-0.1, -0.05) is 24.3 Å². The normalized spacial score (nSPS) is 10.7. The maximum Gasteiger partial charge on any atom is 0.186 e. The van der Waals surface area contributed by atoms with E-state index in [0.29, 0.717) is 12.2 Å². The number of Topliss-reactive ketones (excluding diaryl/α,β-unsaturated/α-hetero) is 1. The lowest BCUT2D eigenvalue weighted by Gasteiger charge is -2.05. The number of rotatable bonds is 5. The van der Waals surface area contributed by atoms with Crippen LogP contribution >= 0.6 is 0 Å². The minimum atomic E-state index is -0.981. The number of halogens is 2. The van der Waals surface area contributed by atoms with E-state index < -0.39 is 11.6 Å². The van der Waals surface area contributed by atoms with Crippen LogP contribution in [0.3, 0.4) is 0 Å². The maximum atomic E-state index is 13.5. The van der Waals surface area contributed by atoms with Crippen molar-refractivity contribution in [1.82, 2.24) is 15.0 Å². The molecule has 0 radical (unpaired) electrons. The summed E-state index contributed by atoms with van der Waals surface area (Å²) >= 11 is 0. The average molecular weight is 265 g/mol. The zero-order valence-electron chi connectivity index (χ0n) is 10.4. The second kappa shape index (κ2) is 5.69. The highest BCUT2D eigenvalue weighted by atomic mass is 19.2. The molecule has 19 heavy (non-hydrogen) atoms. The Balaban J connectivity index is 2.21. The van der Waals surface area contributed by atoms with Crippen molar-refractivity contribution >= 4 is 5.78 Å². The topological polar surface area (TPSA) is 47.8 Å². The highest BCUT2D eigenvalue weighted by Gasteiger charge is 2.16. The predicted octanol–water partition coefficient (Wildman–Crippen LogP) is 2.39. The second-order valence-electron chi connectivity index (χ2n) is 4.16. The van der Waals surface area contributed by atoms with Gasteiger partial charge in [-0.2, -0.15) is 0 Å². The van der Waals surface area contributed by atoms with E-state index in [1.807, 2.05) is 6.92 Å². The van der Waals surface area contributed by atoms with Crippen LogP contribution in [-0.2, 0) is 13.0 Å². The Morgan fingerprint density at radius 1 is 1.37 bits per heavy atom. The van der Waals surface area contributed by atoms with E-state index in [-0.39, 0.29) is 17.8 Å². The summed E-state index contributed by atoms with van der Waals surface area (Å²) in [6.45, 7) is 2.51.